The number of pyridine rings is 1. The van der Waals surface area contributed by atoms with Gasteiger partial charge in [0.1, 0.15) is 11.2 Å². The van der Waals surface area contributed by atoms with Crippen LogP contribution in [-0.2, 0) is 4.79 Å². The number of benzene rings is 1. The molecule has 3 amide bonds. The van der Waals surface area contributed by atoms with Gasteiger partial charge in [-0.1, -0.05) is 25.1 Å². The molecule has 3 heterocycles. The Morgan fingerprint density at radius 1 is 1.17 bits per heavy atom. The highest BCUT2D eigenvalue weighted by molar-refractivity contribution is 6.07. The molecule has 1 aromatic carbocycles. The van der Waals surface area contributed by atoms with E-state index in [4.69, 9.17) is 0 Å². The lowest BCUT2D eigenvalue weighted by atomic mass is 10.00. The molecule has 3 aromatic rings. The van der Waals surface area contributed by atoms with Crippen molar-refractivity contribution in [3.8, 4) is 16.9 Å². The number of hydrogen-bond donors (Lipinski definition) is 1. The van der Waals surface area contributed by atoms with Gasteiger partial charge in [-0.25, -0.2) is 9.48 Å². The van der Waals surface area contributed by atoms with E-state index in [2.05, 4.69) is 20.5 Å². The Morgan fingerprint density at radius 2 is 1.97 bits per heavy atom. The van der Waals surface area contributed by atoms with Gasteiger partial charge in [0.2, 0.25) is 0 Å². The Bertz CT molecular complexity index is 1080. The molecule has 1 aliphatic rings. The van der Waals surface area contributed by atoms with Crippen molar-refractivity contribution < 1.29 is 9.59 Å². The van der Waals surface area contributed by atoms with Crippen molar-refractivity contribution in [3.05, 3.63) is 66.6 Å². The Morgan fingerprint density at radius 3 is 2.62 bits per heavy atom. The maximum Gasteiger partial charge on any atom is 0.346 e. The first-order valence-corrected chi connectivity index (χ1v) is 9.28. The summed E-state index contributed by atoms with van der Waals surface area (Å²) < 4.78 is 1.73. The third kappa shape index (κ3) is 3.40. The van der Waals surface area contributed by atoms with E-state index in [9.17, 15) is 9.59 Å². The summed E-state index contributed by atoms with van der Waals surface area (Å²) in [7, 11) is 0. The summed E-state index contributed by atoms with van der Waals surface area (Å²) in [6.07, 6.45) is 7.16. The largest absolute Gasteiger partial charge is 0.346 e. The van der Waals surface area contributed by atoms with Gasteiger partial charge in [0, 0.05) is 29.7 Å². The summed E-state index contributed by atoms with van der Waals surface area (Å²) in [5.74, 6) is -0.375. The first-order valence-electron chi connectivity index (χ1n) is 9.28. The van der Waals surface area contributed by atoms with Crippen LogP contribution in [0.25, 0.3) is 16.9 Å². The average Bonchev–Trinajstić information content (AvgIpc) is 3.27. The van der Waals surface area contributed by atoms with E-state index in [0.717, 1.165) is 16.3 Å². The lowest BCUT2D eigenvalue weighted by Crippen LogP contribution is -2.42. The molecule has 146 valence electrons. The van der Waals surface area contributed by atoms with Crippen LogP contribution in [0.15, 0.2) is 66.2 Å². The summed E-state index contributed by atoms with van der Waals surface area (Å²) >= 11 is 0. The normalized spacial score (nSPS) is 19.2. The van der Waals surface area contributed by atoms with Crippen LogP contribution in [0.3, 0.4) is 0 Å². The first kappa shape index (κ1) is 18.5. The summed E-state index contributed by atoms with van der Waals surface area (Å²) in [5.41, 5.74) is 2.06. The zero-order valence-corrected chi connectivity index (χ0v) is 16.1. The second-order valence-electron chi connectivity index (χ2n) is 6.93. The predicted molar refractivity (Wildman–Crippen MR) is 108 cm³/mol. The minimum atomic E-state index is -0.936. The molecule has 4 rings (SSSR count). The lowest BCUT2D eigenvalue weighted by molar-refractivity contribution is -0.130. The molecule has 8 heteroatoms. The number of amides is 3. The number of hydrazone groups is 1. The van der Waals surface area contributed by atoms with Crippen LogP contribution in [0.5, 0.6) is 0 Å². The van der Waals surface area contributed by atoms with Crippen LogP contribution in [0.1, 0.15) is 25.8 Å². The number of imide groups is 1. The van der Waals surface area contributed by atoms with Gasteiger partial charge >= 0.3 is 6.03 Å². The molecule has 1 aliphatic heterocycles. The van der Waals surface area contributed by atoms with Gasteiger partial charge in [-0.05, 0) is 37.6 Å². The molecule has 1 fully saturated rings. The highest BCUT2D eigenvalue weighted by atomic mass is 16.2. The molecular formula is C21H20N6O2. The lowest BCUT2D eigenvalue weighted by Gasteiger charge is -2.17. The number of aromatic nitrogens is 3. The number of nitrogens with one attached hydrogen (secondary N) is 1. The van der Waals surface area contributed by atoms with E-state index < -0.39 is 11.6 Å². The number of carbonyl (C=O) groups excluding carboxylic acids is 2. The third-order valence-electron chi connectivity index (χ3n) is 4.96. The van der Waals surface area contributed by atoms with Crippen LogP contribution < -0.4 is 5.32 Å². The summed E-state index contributed by atoms with van der Waals surface area (Å²) in [4.78, 5) is 28.9. The zero-order chi connectivity index (χ0) is 20.4. The van der Waals surface area contributed by atoms with Crippen molar-refractivity contribution in [2.75, 3.05) is 0 Å². The number of carbonyl (C=O) groups is 2. The Labute approximate surface area is 167 Å². The standard InChI is InChI=1S/C21H20N6O2/c1-3-21(2)19(28)27(20(29)24-21)23-13-16-14-26(17-9-5-4-6-10-17)25-18(16)15-8-7-11-22-12-15/h4-14H,3H2,1-2H3,(H,24,29)/b23-13-/t21-/m1/s1. The van der Waals surface area contributed by atoms with Gasteiger partial charge in [0.05, 0.1) is 11.9 Å². The summed E-state index contributed by atoms with van der Waals surface area (Å²) in [6.45, 7) is 3.53. The van der Waals surface area contributed by atoms with Crippen LogP contribution in [0.2, 0.25) is 0 Å². The fourth-order valence-electron chi connectivity index (χ4n) is 3.05. The van der Waals surface area contributed by atoms with Crippen LogP contribution >= 0.6 is 0 Å². The van der Waals surface area contributed by atoms with Crippen molar-refractivity contribution >= 4 is 18.2 Å². The molecule has 8 nitrogen and oxygen atoms in total. The minimum Gasteiger partial charge on any atom is -0.322 e. The van der Waals surface area contributed by atoms with Gasteiger partial charge in [-0.2, -0.15) is 10.2 Å². The predicted octanol–water partition coefficient (Wildman–Crippen LogP) is 2.99. The fraction of sp³-hybridized carbons (Fsp3) is 0.190. The molecule has 1 N–H and O–H groups in total. The van der Waals surface area contributed by atoms with Gasteiger partial charge in [0.25, 0.3) is 5.91 Å². The van der Waals surface area contributed by atoms with E-state index in [1.807, 2.05) is 49.4 Å². The molecule has 0 spiro atoms. The average molecular weight is 388 g/mol. The quantitative estimate of drug-likeness (QED) is 0.537. The van der Waals surface area contributed by atoms with Crippen LogP contribution in [0.4, 0.5) is 4.79 Å². The first-order chi connectivity index (χ1) is 14.0. The summed E-state index contributed by atoms with van der Waals surface area (Å²) in [5, 5.41) is 12.4. The van der Waals surface area contributed by atoms with E-state index in [1.165, 1.54) is 6.21 Å². The van der Waals surface area contributed by atoms with Crippen molar-refractivity contribution in [2.24, 2.45) is 5.10 Å². The van der Waals surface area contributed by atoms with E-state index in [-0.39, 0.29) is 5.91 Å². The van der Waals surface area contributed by atoms with Crippen LogP contribution in [-0.4, -0.2) is 43.5 Å². The Balaban J connectivity index is 1.73. The van der Waals surface area contributed by atoms with Crippen molar-refractivity contribution in [3.63, 3.8) is 0 Å². The van der Waals surface area contributed by atoms with Gasteiger partial charge < -0.3 is 5.32 Å². The Hall–Kier alpha value is -3.81. The minimum absolute atomic E-state index is 0.375. The molecular weight excluding hydrogens is 368 g/mol. The van der Waals surface area contributed by atoms with Gasteiger partial charge in [-0.3, -0.25) is 9.78 Å². The molecule has 2 aromatic heterocycles. The van der Waals surface area contributed by atoms with Gasteiger partial charge in [-0.15, -0.1) is 5.01 Å². The SMILES string of the molecule is CC[C@@]1(C)NC(=O)N(/N=C\c2cn(-c3ccccc3)nc2-c2cccnc2)C1=O. The number of rotatable bonds is 5. The fourth-order valence-corrected chi connectivity index (χ4v) is 3.05. The summed E-state index contributed by atoms with van der Waals surface area (Å²) in [6, 6.07) is 12.8. The highest BCUT2D eigenvalue weighted by Gasteiger charge is 2.46. The molecule has 0 unspecified atom stereocenters. The van der Waals surface area contributed by atoms with Crippen molar-refractivity contribution in [1.29, 1.82) is 0 Å². The molecule has 1 atom stereocenters. The number of hydrogen-bond acceptors (Lipinski definition) is 5. The molecule has 0 aliphatic carbocycles. The van der Waals surface area contributed by atoms with Crippen molar-refractivity contribution in [1.82, 2.24) is 25.1 Å². The van der Waals surface area contributed by atoms with E-state index in [0.29, 0.717) is 17.7 Å². The Kier molecular flexibility index (Phi) is 4.67. The molecule has 0 radical (unpaired) electrons. The second-order valence-corrected chi connectivity index (χ2v) is 6.93. The van der Waals surface area contributed by atoms with E-state index in [1.54, 1.807) is 30.2 Å². The van der Waals surface area contributed by atoms with Crippen LogP contribution in [0, 0.1) is 0 Å². The topological polar surface area (TPSA) is 92.5 Å². The molecule has 0 bridgehead atoms. The maximum atomic E-state index is 12.6. The zero-order valence-electron chi connectivity index (χ0n) is 16.1. The highest BCUT2D eigenvalue weighted by Crippen LogP contribution is 2.24. The maximum absolute atomic E-state index is 12.6. The smallest absolute Gasteiger partial charge is 0.322 e. The molecule has 0 saturated carbocycles. The van der Waals surface area contributed by atoms with Gasteiger partial charge in [0.15, 0.2) is 0 Å². The third-order valence-corrected chi connectivity index (χ3v) is 4.96. The second kappa shape index (κ2) is 7.31. The molecule has 29 heavy (non-hydrogen) atoms. The number of para-hydroxylation sites is 1. The number of nitrogens with zero attached hydrogens (tertiary/aromatic N) is 5. The monoisotopic (exact) mass is 388 g/mol. The van der Waals surface area contributed by atoms with E-state index >= 15 is 0 Å². The van der Waals surface area contributed by atoms with Crippen molar-refractivity contribution in [2.45, 2.75) is 25.8 Å². The molecule has 1 saturated heterocycles. The number of urea groups is 1.